The molecule has 0 bridgehead atoms. The Bertz CT molecular complexity index is 445. The Morgan fingerprint density at radius 1 is 1.61 bits per heavy atom. The maximum absolute atomic E-state index is 11.1. The number of rotatable bonds is 3. The molecule has 6 heteroatoms. The second-order valence-electron chi connectivity index (χ2n) is 4.81. The highest BCUT2D eigenvalue weighted by atomic mass is 32.1. The molecule has 1 saturated heterocycles. The predicted octanol–water partition coefficient (Wildman–Crippen LogP) is 3.09. The van der Waals surface area contributed by atoms with Crippen LogP contribution in [0.4, 0.5) is 10.7 Å². The molecule has 5 nitrogen and oxygen atoms in total. The van der Waals surface area contributed by atoms with E-state index in [-0.39, 0.29) is 10.6 Å². The lowest BCUT2D eigenvalue weighted by Gasteiger charge is -2.33. The van der Waals surface area contributed by atoms with E-state index in [0.717, 1.165) is 19.4 Å². The fraction of sp³-hybridized carbons (Fsp3) is 0.667. The average Bonchev–Trinajstić information content (AvgIpc) is 2.74. The van der Waals surface area contributed by atoms with Crippen molar-refractivity contribution in [1.29, 1.82) is 0 Å². The molecule has 1 aromatic rings. The van der Waals surface area contributed by atoms with Gasteiger partial charge in [-0.3, -0.25) is 10.1 Å². The number of anilines is 1. The number of nitro groups is 1. The van der Waals surface area contributed by atoms with E-state index in [1.807, 2.05) is 0 Å². The van der Waals surface area contributed by atoms with Crippen molar-refractivity contribution in [1.82, 2.24) is 0 Å². The van der Waals surface area contributed by atoms with Gasteiger partial charge in [-0.05, 0) is 33.1 Å². The summed E-state index contributed by atoms with van der Waals surface area (Å²) >= 11 is 1.34. The first-order chi connectivity index (χ1) is 8.50. The van der Waals surface area contributed by atoms with Crippen LogP contribution >= 0.6 is 11.3 Å². The summed E-state index contributed by atoms with van der Waals surface area (Å²) in [7, 11) is 0. The van der Waals surface area contributed by atoms with E-state index in [9.17, 15) is 15.2 Å². The molecule has 1 aliphatic rings. The molecule has 2 heterocycles. The topological polar surface area (TPSA) is 66.6 Å². The lowest BCUT2D eigenvalue weighted by molar-refractivity contribution is -0.383. The fourth-order valence-corrected chi connectivity index (χ4v) is 3.52. The molecule has 0 saturated carbocycles. The third-order valence-corrected chi connectivity index (χ3v) is 4.72. The summed E-state index contributed by atoms with van der Waals surface area (Å²) in [4.78, 5) is 13.5. The zero-order valence-corrected chi connectivity index (χ0v) is 11.4. The number of hydrogen-bond donors (Lipinski definition) is 1. The van der Waals surface area contributed by atoms with Gasteiger partial charge in [-0.15, -0.1) is 11.3 Å². The van der Waals surface area contributed by atoms with Crippen LogP contribution in [0.15, 0.2) is 6.07 Å². The van der Waals surface area contributed by atoms with Crippen molar-refractivity contribution in [3.05, 3.63) is 21.1 Å². The molecule has 0 spiro atoms. The number of nitrogens with zero attached hydrogens (tertiary/aromatic N) is 2. The summed E-state index contributed by atoms with van der Waals surface area (Å²) in [6.45, 7) is 4.60. The zero-order chi connectivity index (χ0) is 13.3. The largest absolute Gasteiger partial charge is 0.388 e. The van der Waals surface area contributed by atoms with Crippen LogP contribution < -0.4 is 4.90 Å². The Morgan fingerprint density at radius 3 is 2.89 bits per heavy atom. The molecule has 1 fully saturated rings. The first kappa shape index (κ1) is 13.3. The Hall–Kier alpha value is -1.14. The molecule has 0 radical (unpaired) electrons. The van der Waals surface area contributed by atoms with Crippen LogP contribution in [0.5, 0.6) is 0 Å². The molecule has 1 aliphatic heterocycles. The number of thiophene rings is 1. The molecular formula is C12H18N2O3S. The second kappa shape index (κ2) is 5.24. The van der Waals surface area contributed by atoms with Gasteiger partial charge in [0.2, 0.25) is 0 Å². The van der Waals surface area contributed by atoms with Crippen molar-refractivity contribution in [3.63, 3.8) is 0 Å². The molecule has 1 unspecified atom stereocenters. The predicted molar refractivity (Wildman–Crippen MR) is 72.3 cm³/mol. The lowest BCUT2D eigenvalue weighted by atomic mass is 10.0. The van der Waals surface area contributed by atoms with Gasteiger partial charge in [0.25, 0.3) is 0 Å². The highest BCUT2D eigenvalue weighted by Gasteiger charge is 2.29. The SMILES string of the molecule is CC1CCCCN1c1sc([C@H](C)O)cc1[N+](=O)[O-]. The van der Waals surface area contributed by atoms with Crippen LogP contribution in [0.2, 0.25) is 0 Å². The fourth-order valence-electron chi connectivity index (χ4n) is 2.33. The summed E-state index contributed by atoms with van der Waals surface area (Å²) in [6, 6.07) is 1.84. The van der Waals surface area contributed by atoms with E-state index in [1.54, 1.807) is 6.92 Å². The molecule has 0 aliphatic carbocycles. The van der Waals surface area contributed by atoms with Gasteiger partial charge in [0.05, 0.1) is 11.0 Å². The van der Waals surface area contributed by atoms with Gasteiger partial charge >= 0.3 is 5.69 Å². The quantitative estimate of drug-likeness (QED) is 0.677. The minimum Gasteiger partial charge on any atom is -0.388 e. The van der Waals surface area contributed by atoms with Crippen LogP contribution in [-0.2, 0) is 0 Å². The van der Waals surface area contributed by atoms with Gasteiger partial charge in [-0.1, -0.05) is 0 Å². The van der Waals surface area contributed by atoms with E-state index in [4.69, 9.17) is 0 Å². The van der Waals surface area contributed by atoms with Gasteiger partial charge < -0.3 is 10.0 Å². The molecule has 100 valence electrons. The van der Waals surface area contributed by atoms with Gasteiger partial charge in [-0.25, -0.2) is 0 Å². The van der Waals surface area contributed by atoms with Crippen LogP contribution in [0, 0.1) is 10.1 Å². The summed E-state index contributed by atoms with van der Waals surface area (Å²) < 4.78 is 0. The standard InChI is InChI=1S/C12H18N2O3S/c1-8-5-3-4-6-13(8)12-10(14(16)17)7-11(18-12)9(2)15/h7-9,15H,3-6H2,1-2H3/t8?,9-/m0/s1. The van der Waals surface area contributed by atoms with Crippen LogP contribution in [-0.4, -0.2) is 22.6 Å². The van der Waals surface area contributed by atoms with Crippen molar-refractivity contribution in [3.8, 4) is 0 Å². The molecule has 2 rings (SSSR count). The van der Waals surface area contributed by atoms with E-state index < -0.39 is 6.10 Å². The van der Waals surface area contributed by atoms with E-state index >= 15 is 0 Å². The minimum absolute atomic E-state index is 0.129. The van der Waals surface area contributed by atoms with Gasteiger partial charge in [-0.2, -0.15) is 0 Å². The normalized spacial score (nSPS) is 21.9. The summed E-state index contributed by atoms with van der Waals surface area (Å²) in [5.74, 6) is 0. The van der Waals surface area contributed by atoms with Crippen LogP contribution in [0.3, 0.4) is 0 Å². The molecule has 18 heavy (non-hydrogen) atoms. The smallest absolute Gasteiger partial charge is 0.304 e. The van der Waals surface area contributed by atoms with Crippen molar-refractivity contribution in [2.24, 2.45) is 0 Å². The summed E-state index contributed by atoms with van der Waals surface area (Å²) in [5, 5.41) is 21.4. The molecular weight excluding hydrogens is 252 g/mol. The highest BCUT2D eigenvalue weighted by molar-refractivity contribution is 7.16. The Morgan fingerprint density at radius 2 is 2.33 bits per heavy atom. The first-order valence-electron chi connectivity index (χ1n) is 6.23. The third-order valence-electron chi connectivity index (χ3n) is 3.38. The minimum atomic E-state index is -0.650. The van der Waals surface area contributed by atoms with Gasteiger partial charge in [0, 0.05) is 23.5 Å². The van der Waals surface area contributed by atoms with Gasteiger partial charge in [0.1, 0.15) is 0 Å². The van der Waals surface area contributed by atoms with Crippen molar-refractivity contribution < 1.29 is 10.0 Å². The lowest BCUT2D eigenvalue weighted by Crippen LogP contribution is -2.37. The Kier molecular flexibility index (Phi) is 3.87. The van der Waals surface area contributed by atoms with Crippen molar-refractivity contribution in [2.45, 2.75) is 45.3 Å². The third kappa shape index (κ3) is 2.49. The maximum atomic E-state index is 11.1. The molecule has 1 aromatic heterocycles. The molecule has 1 N–H and O–H groups in total. The number of hydrogen-bond acceptors (Lipinski definition) is 5. The molecule has 0 aromatic carbocycles. The maximum Gasteiger partial charge on any atom is 0.304 e. The molecule has 0 amide bonds. The summed E-state index contributed by atoms with van der Waals surface area (Å²) in [6.07, 6.45) is 2.67. The zero-order valence-electron chi connectivity index (χ0n) is 10.6. The van der Waals surface area contributed by atoms with E-state index in [2.05, 4.69) is 11.8 Å². The molecule has 2 atom stereocenters. The number of aliphatic hydroxyl groups excluding tert-OH is 1. The Balaban J connectivity index is 2.38. The average molecular weight is 270 g/mol. The number of aliphatic hydroxyl groups is 1. The second-order valence-corrected chi connectivity index (χ2v) is 5.87. The van der Waals surface area contributed by atoms with E-state index in [1.165, 1.54) is 23.8 Å². The monoisotopic (exact) mass is 270 g/mol. The highest BCUT2D eigenvalue weighted by Crippen LogP contribution is 2.42. The van der Waals surface area contributed by atoms with Crippen LogP contribution in [0.1, 0.15) is 44.1 Å². The van der Waals surface area contributed by atoms with Crippen LogP contribution in [0.25, 0.3) is 0 Å². The number of piperidine rings is 1. The Labute approximate surface area is 110 Å². The van der Waals surface area contributed by atoms with E-state index in [0.29, 0.717) is 15.9 Å². The van der Waals surface area contributed by atoms with Gasteiger partial charge in [0.15, 0.2) is 5.00 Å². The van der Waals surface area contributed by atoms with Crippen molar-refractivity contribution >= 4 is 22.0 Å². The first-order valence-corrected chi connectivity index (χ1v) is 7.05. The van der Waals surface area contributed by atoms with Crippen molar-refractivity contribution in [2.75, 3.05) is 11.4 Å². The summed E-state index contributed by atoms with van der Waals surface area (Å²) in [5.41, 5.74) is 0.129.